The fraction of sp³-hybridized carbons (Fsp3) is 0.364. The van der Waals surface area contributed by atoms with Gasteiger partial charge in [0.2, 0.25) is 15.9 Å². The molecule has 0 heterocycles. The van der Waals surface area contributed by atoms with E-state index in [0.29, 0.717) is 30.0 Å². The predicted molar refractivity (Wildman–Crippen MR) is 121 cm³/mol. The molecule has 2 rings (SSSR count). The van der Waals surface area contributed by atoms with E-state index in [0.717, 1.165) is 11.1 Å². The first-order valence-electron chi connectivity index (χ1n) is 9.97. The number of nitrogens with zero attached hydrogens (tertiary/aromatic N) is 1. The number of hydrogen-bond donors (Lipinski definition) is 2. The highest BCUT2D eigenvalue weighted by Crippen LogP contribution is 2.23. The van der Waals surface area contributed by atoms with Crippen molar-refractivity contribution < 1.29 is 22.7 Å². The Hall–Kier alpha value is -2.91. The van der Waals surface area contributed by atoms with Crippen LogP contribution in [0.1, 0.15) is 35.3 Å². The predicted octanol–water partition coefficient (Wildman–Crippen LogP) is 3.17. The Labute approximate surface area is 183 Å². The van der Waals surface area contributed by atoms with Crippen molar-refractivity contribution in [3.8, 4) is 0 Å². The molecule has 1 amide bonds. The first-order chi connectivity index (χ1) is 14.6. The smallest absolute Gasteiger partial charge is 0.337 e. The second-order valence-electron chi connectivity index (χ2n) is 6.99. The van der Waals surface area contributed by atoms with Crippen LogP contribution >= 0.6 is 0 Å². The number of nitrogens with one attached hydrogen (secondary N) is 2. The number of rotatable bonds is 9. The summed E-state index contributed by atoms with van der Waals surface area (Å²) >= 11 is 0. The van der Waals surface area contributed by atoms with E-state index in [9.17, 15) is 18.0 Å². The molecule has 0 aliphatic rings. The zero-order valence-electron chi connectivity index (χ0n) is 18.5. The topological polar surface area (TPSA) is 105 Å². The van der Waals surface area contributed by atoms with Gasteiger partial charge in [0.15, 0.2) is 0 Å². The van der Waals surface area contributed by atoms with Gasteiger partial charge in [-0.3, -0.25) is 4.79 Å². The van der Waals surface area contributed by atoms with Crippen molar-refractivity contribution in [2.75, 3.05) is 37.4 Å². The molecular weight excluding hydrogens is 418 g/mol. The van der Waals surface area contributed by atoms with Gasteiger partial charge in [0.1, 0.15) is 0 Å². The van der Waals surface area contributed by atoms with Crippen LogP contribution in [-0.2, 0) is 19.6 Å². The van der Waals surface area contributed by atoms with Crippen molar-refractivity contribution in [1.29, 1.82) is 0 Å². The fourth-order valence-corrected chi connectivity index (χ4v) is 4.52. The molecule has 0 aromatic heterocycles. The molecule has 0 saturated carbocycles. The van der Waals surface area contributed by atoms with Crippen LogP contribution < -0.4 is 10.6 Å². The number of methoxy groups -OCH3 is 1. The van der Waals surface area contributed by atoms with Crippen LogP contribution in [0, 0.1) is 13.8 Å². The normalized spacial score (nSPS) is 11.3. The Bertz CT molecular complexity index is 1060. The second-order valence-corrected chi connectivity index (χ2v) is 8.93. The highest BCUT2D eigenvalue weighted by Gasteiger charge is 2.22. The summed E-state index contributed by atoms with van der Waals surface area (Å²) in [5.74, 6) is -0.822. The number of hydrogen-bond acceptors (Lipinski definition) is 6. The molecule has 31 heavy (non-hydrogen) atoms. The summed E-state index contributed by atoms with van der Waals surface area (Å²) in [4.78, 5) is 24.4. The van der Waals surface area contributed by atoms with E-state index in [1.807, 2.05) is 13.8 Å². The Morgan fingerprint density at radius 1 is 0.968 bits per heavy atom. The lowest BCUT2D eigenvalue weighted by molar-refractivity contribution is -0.114. The third-order valence-electron chi connectivity index (χ3n) is 4.92. The van der Waals surface area contributed by atoms with Crippen molar-refractivity contribution in [3.63, 3.8) is 0 Å². The van der Waals surface area contributed by atoms with E-state index < -0.39 is 16.0 Å². The summed E-state index contributed by atoms with van der Waals surface area (Å²) in [5, 5.41) is 5.77. The van der Waals surface area contributed by atoms with Gasteiger partial charge < -0.3 is 15.4 Å². The van der Waals surface area contributed by atoms with Gasteiger partial charge in [0.25, 0.3) is 0 Å². The Morgan fingerprint density at radius 2 is 1.58 bits per heavy atom. The number of anilines is 2. The number of aryl methyl sites for hydroxylation is 2. The molecule has 168 valence electrons. The zero-order valence-corrected chi connectivity index (χ0v) is 19.3. The van der Waals surface area contributed by atoms with Gasteiger partial charge in [-0.25, -0.2) is 13.2 Å². The molecule has 2 N–H and O–H groups in total. The van der Waals surface area contributed by atoms with Crippen LogP contribution in [0.15, 0.2) is 41.3 Å². The first kappa shape index (κ1) is 24.4. The van der Waals surface area contributed by atoms with E-state index in [1.54, 1.807) is 50.2 Å². The monoisotopic (exact) mass is 447 g/mol. The van der Waals surface area contributed by atoms with Crippen LogP contribution in [0.3, 0.4) is 0 Å². The van der Waals surface area contributed by atoms with E-state index in [2.05, 4.69) is 10.6 Å². The van der Waals surface area contributed by atoms with Crippen LogP contribution in [0.5, 0.6) is 0 Å². The van der Waals surface area contributed by atoms with Crippen molar-refractivity contribution in [2.45, 2.75) is 32.6 Å². The molecule has 0 aliphatic heterocycles. The number of benzene rings is 2. The third kappa shape index (κ3) is 5.83. The van der Waals surface area contributed by atoms with Crippen LogP contribution in [0.25, 0.3) is 0 Å². The van der Waals surface area contributed by atoms with E-state index in [-0.39, 0.29) is 17.3 Å². The number of carbonyl (C=O) groups excluding carboxylic acids is 2. The van der Waals surface area contributed by atoms with Gasteiger partial charge in [-0.05, 0) is 49.2 Å². The summed E-state index contributed by atoms with van der Waals surface area (Å²) < 4.78 is 31.6. The van der Waals surface area contributed by atoms with Gasteiger partial charge in [0.05, 0.1) is 24.1 Å². The lowest BCUT2D eigenvalue weighted by Gasteiger charge is -2.19. The Balaban J connectivity index is 2.15. The van der Waals surface area contributed by atoms with E-state index in [4.69, 9.17) is 4.74 Å². The third-order valence-corrected chi connectivity index (χ3v) is 6.97. The highest BCUT2D eigenvalue weighted by atomic mass is 32.2. The maximum absolute atomic E-state index is 12.8. The highest BCUT2D eigenvalue weighted by molar-refractivity contribution is 7.89. The van der Waals surface area contributed by atoms with E-state index in [1.165, 1.54) is 11.4 Å². The molecule has 0 bridgehead atoms. The summed E-state index contributed by atoms with van der Waals surface area (Å²) in [5.41, 5.74) is 3.01. The van der Waals surface area contributed by atoms with Crippen molar-refractivity contribution in [2.24, 2.45) is 0 Å². The van der Waals surface area contributed by atoms with Crippen molar-refractivity contribution in [3.05, 3.63) is 53.1 Å². The van der Waals surface area contributed by atoms with Crippen LogP contribution in [0.2, 0.25) is 0 Å². The molecule has 0 aliphatic carbocycles. The minimum Gasteiger partial charge on any atom is -0.465 e. The van der Waals surface area contributed by atoms with Gasteiger partial charge >= 0.3 is 5.97 Å². The molecule has 0 fully saturated rings. The standard InChI is InChI=1S/C22H29N3O5S/c1-6-25(7-2)31(28,29)18-11-9-15(3)19(13-18)23-14-21(26)24-20-12-17(22(27)30-5)10-8-16(20)4/h8-13,23H,6-7,14H2,1-5H3,(H,24,26). The summed E-state index contributed by atoms with van der Waals surface area (Å²) in [6.45, 7) is 7.90. The van der Waals surface area contributed by atoms with Gasteiger partial charge in [0, 0.05) is 24.5 Å². The number of esters is 1. The average molecular weight is 448 g/mol. The molecule has 0 spiro atoms. The number of carbonyl (C=O) groups is 2. The molecule has 0 radical (unpaired) electrons. The quantitative estimate of drug-likeness (QED) is 0.572. The average Bonchev–Trinajstić information content (AvgIpc) is 2.74. The van der Waals surface area contributed by atoms with Crippen molar-refractivity contribution in [1.82, 2.24) is 4.31 Å². The summed E-state index contributed by atoms with van der Waals surface area (Å²) in [7, 11) is -2.31. The number of amides is 1. The zero-order chi connectivity index (χ0) is 23.2. The number of sulfonamides is 1. The van der Waals surface area contributed by atoms with Crippen LogP contribution in [-0.4, -0.2) is 51.3 Å². The largest absolute Gasteiger partial charge is 0.465 e. The Kier molecular flexibility index (Phi) is 8.18. The molecule has 0 atom stereocenters. The minimum atomic E-state index is -3.60. The summed E-state index contributed by atoms with van der Waals surface area (Å²) in [6.07, 6.45) is 0. The maximum Gasteiger partial charge on any atom is 0.337 e. The van der Waals surface area contributed by atoms with Gasteiger partial charge in [-0.15, -0.1) is 0 Å². The lowest BCUT2D eigenvalue weighted by atomic mass is 10.1. The lowest BCUT2D eigenvalue weighted by Crippen LogP contribution is -2.30. The van der Waals surface area contributed by atoms with Crippen LogP contribution in [0.4, 0.5) is 11.4 Å². The van der Waals surface area contributed by atoms with E-state index >= 15 is 0 Å². The molecular formula is C22H29N3O5S. The molecule has 8 nitrogen and oxygen atoms in total. The Morgan fingerprint density at radius 3 is 2.19 bits per heavy atom. The van der Waals surface area contributed by atoms with Gasteiger partial charge in [-0.2, -0.15) is 4.31 Å². The summed E-state index contributed by atoms with van der Waals surface area (Å²) in [6, 6.07) is 9.72. The fourth-order valence-electron chi connectivity index (χ4n) is 3.04. The maximum atomic E-state index is 12.8. The molecule has 2 aromatic carbocycles. The van der Waals surface area contributed by atoms with Gasteiger partial charge in [-0.1, -0.05) is 26.0 Å². The molecule has 2 aromatic rings. The molecule has 0 saturated heterocycles. The van der Waals surface area contributed by atoms with Crippen molar-refractivity contribution >= 4 is 33.3 Å². The SMILES string of the molecule is CCN(CC)S(=O)(=O)c1ccc(C)c(NCC(=O)Nc2cc(C(=O)OC)ccc2C)c1. The first-order valence-corrected chi connectivity index (χ1v) is 11.4. The minimum absolute atomic E-state index is 0.0719. The second kappa shape index (κ2) is 10.4. The molecule has 0 unspecified atom stereocenters. The molecule has 9 heteroatoms. The number of ether oxygens (including phenoxy) is 1.